The molecule has 6 nitrogen and oxygen atoms in total. The maximum absolute atomic E-state index is 12.7. The smallest absolute Gasteiger partial charge is 0.263 e. The van der Waals surface area contributed by atoms with Gasteiger partial charge in [0.1, 0.15) is 17.6 Å². The van der Waals surface area contributed by atoms with Gasteiger partial charge in [-0.3, -0.25) is 4.72 Å². The number of ether oxygens (including phenoxy) is 1. The summed E-state index contributed by atoms with van der Waals surface area (Å²) in [6, 6.07) is 23.4. The molecule has 0 fully saturated rings. The Hall–Kier alpha value is -3.67. The van der Waals surface area contributed by atoms with E-state index in [1.54, 1.807) is 12.3 Å². The van der Waals surface area contributed by atoms with Crippen molar-refractivity contribution in [3.05, 3.63) is 89.4 Å². The van der Waals surface area contributed by atoms with Gasteiger partial charge in [0.15, 0.2) is 5.13 Å². The summed E-state index contributed by atoms with van der Waals surface area (Å²) in [4.78, 5) is 4.86. The molecule has 0 saturated carbocycles. The van der Waals surface area contributed by atoms with Crippen molar-refractivity contribution in [2.75, 3.05) is 4.72 Å². The molecule has 0 amide bonds. The van der Waals surface area contributed by atoms with Crippen molar-refractivity contribution in [3.63, 3.8) is 0 Å². The summed E-state index contributed by atoms with van der Waals surface area (Å²) in [7, 11) is -3.88. The number of sulfonamides is 1. The first-order valence-electron chi connectivity index (χ1n) is 9.28. The van der Waals surface area contributed by atoms with Gasteiger partial charge in [-0.05, 0) is 36.8 Å². The topological polar surface area (TPSA) is 92.1 Å². The minimum atomic E-state index is -3.88. The predicted molar refractivity (Wildman–Crippen MR) is 121 cm³/mol. The highest BCUT2D eigenvalue weighted by Gasteiger charge is 2.19. The number of aromatic nitrogens is 1. The van der Waals surface area contributed by atoms with Crippen molar-refractivity contribution in [1.82, 2.24) is 4.98 Å². The Bertz CT molecular complexity index is 1370. The summed E-state index contributed by atoms with van der Waals surface area (Å²) in [5, 5.41) is 9.88. The van der Waals surface area contributed by atoms with E-state index in [9.17, 15) is 13.7 Å². The maximum atomic E-state index is 12.7. The third kappa shape index (κ3) is 4.58. The molecule has 0 unspecified atom stereocenters. The summed E-state index contributed by atoms with van der Waals surface area (Å²) in [5.41, 5.74) is 1.95. The molecular formula is C23H17N3O3S2. The van der Waals surface area contributed by atoms with E-state index in [-0.39, 0.29) is 21.3 Å². The van der Waals surface area contributed by atoms with Crippen LogP contribution in [0.1, 0.15) is 10.4 Å². The Kier molecular flexibility index (Phi) is 5.71. The summed E-state index contributed by atoms with van der Waals surface area (Å²) in [5.74, 6) is 0.840. The first kappa shape index (κ1) is 20.6. The number of nitrogens with zero attached hydrogens (tertiary/aromatic N) is 2. The molecule has 3 aromatic carbocycles. The highest BCUT2D eigenvalue weighted by molar-refractivity contribution is 7.93. The van der Waals surface area contributed by atoms with Gasteiger partial charge in [-0.1, -0.05) is 48.5 Å². The first-order valence-corrected chi connectivity index (χ1v) is 11.6. The fourth-order valence-corrected chi connectivity index (χ4v) is 4.89. The highest BCUT2D eigenvalue weighted by atomic mass is 32.2. The van der Waals surface area contributed by atoms with Crippen molar-refractivity contribution < 1.29 is 13.2 Å². The van der Waals surface area contributed by atoms with E-state index in [1.807, 2.05) is 61.5 Å². The number of anilines is 1. The van der Waals surface area contributed by atoms with Gasteiger partial charge in [0, 0.05) is 16.6 Å². The van der Waals surface area contributed by atoms with Crippen LogP contribution in [0.15, 0.2) is 83.9 Å². The molecule has 0 radical (unpaired) electrons. The van der Waals surface area contributed by atoms with Gasteiger partial charge in [-0.2, -0.15) is 5.26 Å². The molecule has 1 heterocycles. The van der Waals surface area contributed by atoms with E-state index >= 15 is 0 Å². The lowest BCUT2D eigenvalue weighted by Gasteiger charge is -2.13. The normalized spacial score (nSPS) is 11.0. The third-order valence-electron chi connectivity index (χ3n) is 4.42. The predicted octanol–water partition coefficient (Wildman–Crippen LogP) is 5.58. The maximum Gasteiger partial charge on any atom is 0.263 e. The molecule has 4 aromatic rings. The van der Waals surface area contributed by atoms with Crippen molar-refractivity contribution in [2.24, 2.45) is 0 Å². The summed E-state index contributed by atoms with van der Waals surface area (Å²) < 4.78 is 33.8. The molecule has 0 spiro atoms. The Morgan fingerprint density at radius 3 is 2.45 bits per heavy atom. The quantitative estimate of drug-likeness (QED) is 0.416. The van der Waals surface area contributed by atoms with E-state index in [4.69, 9.17) is 4.74 Å². The molecule has 0 aliphatic heterocycles. The standard InChI is InChI=1S/C23H17N3O3S2/c1-16-15-25-23(30-16)26-31(27,28)19-11-12-21(18(13-19)14-24)29-22-10-6-5-9-20(22)17-7-3-2-4-8-17/h2-13,15H,1H3,(H,25,26). The van der Waals surface area contributed by atoms with E-state index in [0.717, 1.165) is 16.0 Å². The number of nitriles is 1. The van der Waals surface area contributed by atoms with E-state index in [0.29, 0.717) is 5.75 Å². The number of para-hydroxylation sites is 1. The Balaban J connectivity index is 1.66. The van der Waals surface area contributed by atoms with Crippen LogP contribution in [0.5, 0.6) is 11.5 Å². The molecule has 0 aliphatic carbocycles. The molecule has 0 bridgehead atoms. The molecule has 154 valence electrons. The van der Waals surface area contributed by atoms with Gasteiger partial charge in [0.25, 0.3) is 10.0 Å². The minimum absolute atomic E-state index is 0.0411. The number of nitrogens with one attached hydrogen (secondary N) is 1. The average Bonchev–Trinajstić information content (AvgIpc) is 3.18. The second-order valence-electron chi connectivity index (χ2n) is 6.62. The zero-order valence-corrected chi connectivity index (χ0v) is 18.1. The van der Waals surface area contributed by atoms with Gasteiger partial charge >= 0.3 is 0 Å². The molecule has 0 aliphatic rings. The van der Waals surface area contributed by atoms with Crippen LogP contribution in [0, 0.1) is 18.3 Å². The van der Waals surface area contributed by atoms with Gasteiger partial charge in [-0.15, -0.1) is 11.3 Å². The monoisotopic (exact) mass is 447 g/mol. The van der Waals surface area contributed by atoms with Crippen LogP contribution in [-0.2, 0) is 10.0 Å². The second kappa shape index (κ2) is 8.60. The van der Waals surface area contributed by atoms with Crippen LogP contribution in [0.3, 0.4) is 0 Å². The van der Waals surface area contributed by atoms with E-state index in [2.05, 4.69) is 9.71 Å². The molecule has 31 heavy (non-hydrogen) atoms. The minimum Gasteiger partial charge on any atom is -0.455 e. The molecule has 4 rings (SSSR count). The average molecular weight is 448 g/mol. The van der Waals surface area contributed by atoms with Crippen LogP contribution in [0.25, 0.3) is 11.1 Å². The summed E-state index contributed by atoms with van der Waals surface area (Å²) in [6.07, 6.45) is 1.59. The summed E-state index contributed by atoms with van der Waals surface area (Å²) >= 11 is 1.23. The zero-order chi connectivity index (χ0) is 21.8. The number of aryl methyl sites for hydroxylation is 1. The molecule has 0 atom stereocenters. The van der Waals surface area contributed by atoms with Crippen molar-refractivity contribution in [2.45, 2.75) is 11.8 Å². The van der Waals surface area contributed by atoms with Crippen LogP contribution in [0.4, 0.5) is 5.13 Å². The van der Waals surface area contributed by atoms with Gasteiger partial charge in [0.05, 0.1) is 10.5 Å². The first-order chi connectivity index (χ1) is 15.0. The second-order valence-corrected chi connectivity index (χ2v) is 9.53. The Morgan fingerprint density at radius 1 is 1.00 bits per heavy atom. The lowest BCUT2D eigenvalue weighted by atomic mass is 10.0. The van der Waals surface area contributed by atoms with Crippen molar-refractivity contribution in [3.8, 4) is 28.7 Å². The van der Waals surface area contributed by atoms with Gasteiger partial charge in [0.2, 0.25) is 0 Å². The fraction of sp³-hybridized carbons (Fsp3) is 0.0435. The van der Waals surface area contributed by atoms with Crippen LogP contribution in [-0.4, -0.2) is 13.4 Å². The van der Waals surface area contributed by atoms with E-state index in [1.165, 1.54) is 29.5 Å². The molecule has 8 heteroatoms. The lowest BCUT2D eigenvalue weighted by Crippen LogP contribution is -2.13. The van der Waals surface area contributed by atoms with E-state index < -0.39 is 10.0 Å². The zero-order valence-electron chi connectivity index (χ0n) is 16.4. The van der Waals surface area contributed by atoms with Crippen molar-refractivity contribution >= 4 is 26.5 Å². The largest absolute Gasteiger partial charge is 0.455 e. The lowest BCUT2D eigenvalue weighted by molar-refractivity contribution is 0.482. The third-order valence-corrected chi connectivity index (χ3v) is 6.71. The molecular weight excluding hydrogens is 430 g/mol. The number of benzene rings is 3. The Morgan fingerprint density at radius 2 is 1.74 bits per heavy atom. The Labute approximate surface area is 184 Å². The van der Waals surface area contributed by atoms with Gasteiger partial charge < -0.3 is 4.74 Å². The van der Waals surface area contributed by atoms with Crippen molar-refractivity contribution in [1.29, 1.82) is 5.26 Å². The number of hydrogen-bond donors (Lipinski definition) is 1. The number of rotatable bonds is 6. The summed E-state index contributed by atoms with van der Waals surface area (Å²) in [6.45, 7) is 1.84. The SMILES string of the molecule is Cc1cnc(NS(=O)(=O)c2ccc(Oc3ccccc3-c3ccccc3)c(C#N)c2)s1. The number of hydrogen-bond acceptors (Lipinski definition) is 6. The van der Waals surface area contributed by atoms with Crippen LogP contribution < -0.4 is 9.46 Å². The van der Waals surface area contributed by atoms with Crippen LogP contribution >= 0.6 is 11.3 Å². The number of thiazole rings is 1. The fourth-order valence-electron chi connectivity index (χ4n) is 2.96. The molecule has 0 saturated heterocycles. The molecule has 1 N–H and O–H groups in total. The van der Waals surface area contributed by atoms with Crippen LogP contribution in [0.2, 0.25) is 0 Å². The molecule has 1 aromatic heterocycles. The highest BCUT2D eigenvalue weighted by Crippen LogP contribution is 2.35. The van der Waals surface area contributed by atoms with Gasteiger partial charge in [-0.25, -0.2) is 13.4 Å².